The molecule has 2 rings (SSSR count). The molecule has 0 amide bonds. The molecule has 1 N–H and O–H groups in total. The Morgan fingerprint density at radius 2 is 1.95 bits per heavy atom. The van der Waals surface area contributed by atoms with E-state index in [0.29, 0.717) is 5.54 Å². The highest BCUT2D eigenvalue weighted by molar-refractivity contribution is 5.49. The molecule has 0 radical (unpaired) electrons. The first-order chi connectivity index (χ1) is 8.97. The molecule has 0 spiro atoms. The van der Waals surface area contributed by atoms with Crippen molar-refractivity contribution < 1.29 is 0 Å². The van der Waals surface area contributed by atoms with E-state index in [1.165, 1.54) is 19.3 Å². The van der Waals surface area contributed by atoms with Crippen LogP contribution < -0.4 is 10.2 Å². The highest BCUT2D eigenvalue weighted by atomic mass is 15.3. The fourth-order valence-electron chi connectivity index (χ4n) is 2.73. The van der Waals surface area contributed by atoms with E-state index in [2.05, 4.69) is 46.2 Å². The number of aromatic nitrogens is 2. The van der Waals surface area contributed by atoms with Gasteiger partial charge in [0.15, 0.2) is 0 Å². The first kappa shape index (κ1) is 14.1. The molecule has 1 saturated carbocycles. The van der Waals surface area contributed by atoms with Crippen LogP contribution in [0.5, 0.6) is 0 Å². The smallest absolute Gasteiger partial charge is 0.134 e. The molecule has 1 aromatic heterocycles. The number of likely N-dealkylation sites (N-methyl/N-ethyl adjacent to an activating group) is 2. The van der Waals surface area contributed by atoms with Gasteiger partial charge in [0.1, 0.15) is 17.5 Å². The summed E-state index contributed by atoms with van der Waals surface area (Å²) in [5, 5.41) is 3.09. The van der Waals surface area contributed by atoms with Crippen molar-refractivity contribution in [3.05, 3.63) is 11.9 Å². The number of nitrogens with zero attached hydrogens (tertiary/aromatic N) is 4. The average Bonchev–Trinajstić information content (AvgIpc) is 2.32. The average molecular weight is 263 g/mol. The molecule has 1 aliphatic carbocycles. The van der Waals surface area contributed by atoms with Crippen LogP contribution in [-0.4, -0.2) is 55.1 Å². The molecule has 0 aliphatic heterocycles. The van der Waals surface area contributed by atoms with Gasteiger partial charge < -0.3 is 15.1 Å². The fourth-order valence-corrected chi connectivity index (χ4v) is 2.73. The predicted molar refractivity (Wildman–Crippen MR) is 79.9 cm³/mol. The standard InChI is InChI=1S/C14H25N5/c1-11-16-12(15-2)9-13(17-11)19(5)10-14(18(3)4)7-6-8-14/h9H,6-8,10H2,1-5H3,(H,15,16,17). The normalized spacial score (nSPS) is 17.2. The van der Waals surface area contributed by atoms with Crippen molar-refractivity contribution in [1.82, 2.24) is 14.9 Å². The van der Waals surface area contributed by atoms with E-state index < -0.39 is 0 Å². The van der Waals surface area contributed by atoms with Gasteiger partial charge in [-0.05, 0) is 40.3 Å². The molecule has 19 heavy (non-hydrogen) atoms. The van der Waals surface area contributed by atoms with Crippen molar-refractivity contribution in [1.29, 1.82) is 0 Å². The Hall–Kier alpha value is -1.36. The highest BCUT2D eigenvalue weighted by Crippen LogP contribution is 2.37. The molecule has 1 aliphatic rings. The van der Waals surface area contributed by atoms with Crippen LogP contribution in [0.3, 0.4) is 0 Å². The van der Waals surface area contributed by atoms with E-state index in [4.69, 9.17) is 0 Å². The van der Waals surface area contributed by atoms with E-state index in [-0.39, 0.29) is 0 Å². The largest absolute Gasteiger partial charge is 0.373 e. The summed E-state index contributed by atoms with van der Waals surface area (Å²) >= 11 is 0. The lowest BCUT2D eigenvalue weighted by Gasteiger charge is -2.49. The van der Waals surface area contributed by atoms with E-state index in [9.17, 15) is 0 Å². The summed E-state index contributed by atoms with van der Waals surface area (Å²) in [5.41, 5.74) is 0.313. The summed E-state index contributed by atoms with van der Waals surface area (Å²) < 4.78 is 0. The van der Waals surface area contributed by atoms with Gasteiger partial charge in [0, 0.05) is 32.2 Å². The third-order valence-electron chi connectivity index (χ3n) is 4.24. The molecule has 0 atom stereocenters. The van der Waals surface area contributed by atoms with Gasteiger partial charge in [-0.3, -0.25) is 0 Å². The Bertz CT molecular complexity index is 439. The number of nitrogens with one attached hydrogen (secondary N) is 1. The van der Waals surface area contributed by atoms with Gasteiger partial charge in [0.2, 0.25) is 0 Å². The van der Waals surface area contributed by atoms with Crippen LogP contribution in [0.15, 0.2) is 6.07 Å². The van der Waals surface area contributed by atoms with Gasteiger partial charge >= 0.3 is 0 Å². The number of rotatable bonds is 5. The molecule has 1 aromatic rings. The van der Waals surface area contributed by atoms with Crippen LogP contribution in [0.4, 0.5) is 11.6 Å². The van der Waals surface area contributed by atoms with Crippen molar-refractivity contribution in [3.63, 3.8) is 0 Å². The lowest BCUT2D eigenvalue weighted by atomic mass is 9.75. The fraction of sp³-hybridized carbons (Fsp3) is 0.714. The van der Waals surface area contributed by atoms with Gasteiger partial charge in [0.25, 0.3) is 0 Å². The third kappa shape index (κ3) is 2.81. The number of anilines is 2. The zero-order valence-corrected chi connectivity index (χ0v) is 12.7. The Balaban J connectivity index is 2.15. The second-order valence-corrected chi connectivity index (χ2v) is 5.74. The molecule has 0 saturated heterocycles. The van der Waals surface area contributed by atoms with Crippen LogP contribution in [-0.2, 0) is 0 Å². The van der Waals surface area contributed by atoms with Gasteiger partial charge in [0.05, 0.1) is 0 Å². The second-order valence-electron chi connectivity index (χ2n) is 5.74. The van der Waals surface area contributed by atoms with Gasteiger partial charge in [-0.25, -0.2) is 9.97 Å². The zero-order chi connectivity index (χ0) is 14.0. The van der Waals surface area contributed by atoms with Gasteiger partial charge in [-0.15, -0.1) is 0 Å². The summed E-state index contributed by atoms with van der Waals surface area (Å²) in [7, 11) is 8.36. The quantitative estimate of drug-likeness (QED) is 0.877. The Kier molecular flexibility index (Phi) is 3.94. The van der Waals surface area contributed by atoms with Crippen LogP contribution in [0.2, 0.25) is 0 Å². The topological polar surface area (TPSA) is 44.3 Å². The van der Waals surface area contributed by atoms with Crippen molar-refractivity contribution >= 4 is 11.6 Å². The highest BCUT2D eigenvalue weighted by Gasteiger charge is 2.40. The Labute approximate surface area is 116 Å². The minimum absolute atomic E-state index is 0.313. The first-order valence-corrected chi connectivity index (χ1v) is 6.89. The van der Waals surface area contributed by atoms with Crippen molar-refractivity contribution in [2.24, 2.45) is 0 Å². The Morgan fingerprint density at radius 1 is 1.26 bits per heavy atom. The van der Waals surface area contributed by atoms with Crippen LogP contribution in [0.25, 0.3) is 0 Å². The predicted octanol–water partition coefficient (Wildman–Crippen LogP) is 1.75. The van der Waals surface area contributed by atoms with Crippen molar-refractivity contribution in [2.75, 3.05) is 45.0 Å². The summed E-state index contributed by atoms with van der Waals surface area (Å²) in [6.07, 6.45) is 3.87. The maximum atomic E-state index is 4.54. The van der Waals surface area contributed by atoms with Crippen LogP contribution in [0.1, 0.15) is 25.1 Å². The minimum atomic E-state index is 0.313. The zero-order valence-electron chi connectivity index (χ0n) is 12.7. The second kappa shape index (κ2) is 5.33. The van der Waals surface area contributed by atoms with E-state index in [1.807, 2.05) is 20.0 Å². The molecule has 1 fully saturated rings. The maximum absolute atomic E-state index is 4.54. The molecular formula is C14H25N5. The van der Waals surface area contributed by atoms with Crippen molar-refractivity contribution in [2.45, 2.75) is 31.7 Å². The number of hydrogen-bond donors (Lipinski definition) is 1. The molecule has 1 heterocycles. The number of hydrogen-bond acceptors (Lipinski definition) is 5. The van der Waals surface area contributed by atoms with Gasteiger partial charge in [-0.2, -0.15) is 0 Å². The van der Waals surface area contributed by atoms with Gasteiger partial charge in [-0.1, -0.05) is 0 Å². The van der Waals surface area contributed by atoms with E-state index in [0.717, 1.165) is 24.0 Å². The lowest BCUT2D eigenvalue weighted by molar-refractivity contribution is 0.0682. The van der Waals surface area contributed by atoms with E-state index in [1.54, 1.807) is 0 Å². The van der Waals surface area contributed by atoms with Crippen LogP contribution in [0, 0.1) is 6.92 Å². The van der Waals surface area contributed by atoms with E-state index >= 15 is 0 Å². The Morgan fingerprint density at radius 3 is 2.42 bits per heavy atom. The SMILES string of the molecule is CNc1cc(N(C)CC2(N(C)C)CCC2)nc(C)n1. The third-order valence-corrected chi connectivity index (χ3v) is 4.24. The molecule has 0 bridgehead atoms. The molecule has 0 unspecified atom stereocenters. The molecule has 5 nitrogen and oxygen atoms in total. The summed E-state index contributed by atoms with van der Waals surface area (Å²) in [5.74, 6) is 2.67. The number of aryl methyl sites for hydroxylation is 1. The monoisotopic (exact) mass is 263 g/mol. The summed E-state index contributed by atoms with van der Waals surface area (Å²) in [6.45, 7) is 2.95. The van der Waals surface area contributed by atoms with Crippen LogP contribution >= 0.6 is 0 Å². The van der Waals surface area contributed by atoms with Crippen molar-refractivity contribution in [3.8, 4) is 0 Å². The molecular weight excluding hydrogens is 238 g/mol. The molecule has 5 heteroatoms. The molecule has 106 valence electrons. The molecule has 0 aromatic carbocycles. The summed E-state index contributed by atoms with van der Waals surface area (Å²) in [4.78, 5) is 13.5. The lowest BCUT2D eigenvalue weighted by Crippen LogP contribution is -2.56. The maximum Gasteiger partial charge on any atom is 0.134 e. The minimum Gasteiger partial charge on any atom is -0.373 e. The first-order valence-electron chi connectivity index (χ1n) is 6.89. The summed E-state index contributed by atoms with van der Waals surface area (Å²) in [6, 6.07) is 2.01.